The van der Waals surface area contributed by atoms with Crippen molar-refractivity contribution in [2.45, 2.75) is 37.8 Å². The van der Waals surface area contributed by atoms with Crippen molar-refractivity contribution < 1.29 is 42.9 Å². The number of hydrogen-bond acceptors (Lipinski definition) is 13. The molecule has 2 aromatic rings. The van der Waals surface area contributed by atoms with Gasteiger partial charge in [-0.25, -0.2) is 0 Å². The fourth-order valence-corrected chi connectivity index (χ4v) is 4.90. The molecule has 13 N–H and O–H groups in total. The van der Waals surface area contributed by atoms with Crippen molar-refractivity contribution in [3.63, 3.8) is 0 Å². The number of nitrogens with one attached hydrogen (secondary N) is 1. The molecule has 0 spiro atoms. The van der Waals surface area contributed by atoms with Gasteiger partial charge in [0.15, 0.2) is 17.7 Å². The van der Waals surface area contributed by atoms with Gasteiger partial charge in [0, 0.05) is 36.0 Å². The van der Waals surface area contributed by atoms with Crippen molar-refractivity contribution in [1.82, 2.24) is 0 Å². The zero-order chi connectivity index (χ0) is 37.5. The minimum atomic E-state index is -0.933. The summed E-state index contributed by atoms with van der Waals surface area (Å²) in [4.78, 5) is 72.1. The lowest BCUT2D eigenvalue weighted by Gasteiger charge is -2.23. The first-order chi connectivity index (χ1) is 24.3. The largest absolute Gasteiger partial charge is 0.489 e. The van der Waals surface area contributed by atoms with Gasteiger partial charge < -0.3 is 58.7 Å². The molecule has 0 bridgehead atoms. The van der Waals surface area contributed by atoms with E-state index in [0.29, 0.717) is 25.9 Å². The van der Waals surface area contributed by atoms with Gasteiger partial charge in [0.25, 0.3) is 0 Å². The van der Waals surface area contributed by atoms with Gasteiger partial charge in [-0.05, 0) is 37.8 Å². The van der Waals surface area contributed by atoms with E-state index in [1.165, 1.54) is 30.3 Å². The molecule has 0 aliphatic heterocycles. The van der Waals surface area contributed by atoms with Crippen LogP contribution < -0.4 is 49.2 Å². The molecular weight excluding hydrogens is 725 g/mol. The molecule has 0 aromatic heterocycles. The fraction of sp³-hybridized carbons (Fsp3) is 0.406. The van der Waals surface area contributed by atoms with E-state index in [-0.39, 0.29) is 109 Å². The molecule has 52 heavy (non-hydrogen) atoms. The number of esters is 2. The van der Waals surface area contributed by atoms with Crippen molar-refractivity contribution in [1.29, 1.82) is 0 Å². The maximum atomic E-state index is 14.0. The summed E-state index contributed by atoms with van der Waals surface area (Å²) in [6.07, 6.45) is 1.47. The molecule has 20 heteroatoms. The van der Waals surface area contributed by atoms with Gasteiger partial charge in [0.1, 0.15) is 55.9 Å². The van der Waals surface area contributed by atoms with Crippen LogP contribution in [0.4, 0.5) is 5.69 Å². The first kappa shape index (κ1) is 43.0. The molecule has 0 unspecified atom stereocenters. The Morgan fingerprint density at radius 3 is 1.77 bits per heavy atom. The average molecular weight is 769 g/mol. The van der Waals surface area contributed by atoms with E-state index >= 15 is 0 Å². The van der Waals surface area contributed by atoms with E-state index < -0.39 is 41.5 Å². The molecule has 284 valence electrons. The molecule has 1 aliphatic rings. The number of nitrogens with zero attached hydrogens (tertiary/aromatic N) is 2. The van der Waals surface area contributed by atoms with Crippen LogP contribution in [0.1, 0.15) is 57.5 Å². The monoisotopic (exact) mass is 767 g/mol. The Labute approximate surface area is 310 Å². The van der Waals surface area contributed by atoms with Gasteiger partial charge in [-0.3, -0.25) is 34.0 Å². The number of rotatable bonds is 20. The smallest absolute Gasteiger partial charge is 0.323 e. The highest BCUT2D eigenvalue weighted by molar-refractivity contribution is 6.31. The summed E-state index contributed by atoms with van der Waals surface area (Å²) in [6, 6.07) is 5.32. The number of ether oxygens (including phenoxy) is 4. The third-order valence-corrected chi connectivity index (χ3v) is 7.43. The van der Waals surface area contributed by atoms with Gasteiger partial charge >= 0.3 is 11.9 Å². The van der Waals surface area contributed by atoms with Crippen LogP contribution in [0.5, 0.6) is 11.5 Å². The number of benzene rings is 2. The number of anilines is 1. The van der Waals surface area contributed by atoms with E-state index in [0.717, 1.165) is 0 Å². The van der Waals surface area contributed by atoms with Gasteiger partial charge in [-0.1, -0.05) is 12.1 Å². The van der Waals surface area contributed by atoms with Crippen LogP contribution in [-0.2, 0) is 23.9 Å². The Morgan fingerprint density at radius 2 is 1.25 bits per heavy atom. The van der Waals surface area contributed by atoms with Gasteiger partial charge in [-0.15, -0.1) is 24.0 Å². The van der Waals surface area contributed by atoms with Crippen LogP contribution in [-0.4, -0.2) is 98.8 Å². The van der Waals surface area contributed by atoms with E-state index in [9.17, 15) is 24.0 Å². The summed E-state index contributed by atoms with van der Waals surface area (Å²) in [5.74, 6) is -3.59. The minimum Gasteiger partial charge on any atom is -0.489 e. The van der Waals surface area contributed by atoms with Crippen molar-refractivity contribution in [3.05, 3.63) is 52.6 Å². The first-order valence-electron chi connectivity index (χ1n) is 15.8. The molecule has 18 nitrogen and oxygen atoms in total. The number of carbonyl (C=O) groups excluding carboxylic acids is 5. The molecule has 0 saturated carbocycles. The quantitative estimate of drug-likeness (QED) is 0.0254. The third kappa shape index (κ3) is 12.6. The first-order valence-corrected chi connectivity index (χ1v) is 16.3. The van der Waals surface area contributed by atoms with E-state index in [4.69, 9.17) is 65.0 Å². The fourth-order valence-electron chi connectivity index (χ4n) is 4.83. The summed E-state index contributed by atoms with van der Waals surface area (Å²) in [7, 11) is 0. The second-order valence-corrected chi connectivity index (χ2v) is 11.3. The van der Waals surface area contributed by atoms with E-state index in [1.54, 1.807) is 0 Å². The summed E-state index contributed by atoms with van der Waals surface area (Å²) in [5, 5.41) is 2.55. The number of halogens is 2. The number of nitrogens with two attached hydrogens (primary N) is 6. The number of guanidine groups is 2. The average Bonchev–Trinajstić information content (AvgIpc) is 3.10. The van der Waals surface area contributed by atoms with Crippen molar-refractivity contribution in [2.24, 2.45) is 44.4 Å². The van der Waals surface area contributed by atoms with Gasteiger partial charge in [0.2, 0.25) is 11.7 Å². The molecule has 2 aromatic carbocycles. The second-order valence-electron chi connectivity index (χ2n) is 11.1. The van der Waals surface area contributed by atoms with Gasteiger partial charge in [-0.2, -0.15) is 0 Å². The van der Waals surface area contributed by atoms with Crippen LogP contribution in [0.3, 0.4) is 0 Å². The van der Waals surface area contributed by atoms with Crippen LogP contribution in [0.25, 0.3) is 0 Å². The van der Waals surface area contributed by atoms with Crippen molar-refractivity contribution in [2.75, 3.05) is 50.7 Å². The van der Waals surface area contributed by atoms with Crippen LogP contribution >= 0.6 is 24.0 Å². The molecular formula is C32H43Cl2N9O9. The Hall–Kier alpha value is -5.17. The lowest BCUT2D eigenvalue weighted by atomic mass is 9.82. The van der Waals surface area contributed by atoms with Crippen LogP contribution in [0, 0.1) is 0 Å². The molecule has 0 radical (unpaired) electrons. The maximum absolute atomic E-state index is 14.0. The highest BCUT2D eigenvalue weighted by Gasteiger charge is 2.36. The van der Waals surface area contributed by atoms with Crippen molar-refractivity contribution in [3.8, 4) is 11.5 Å². The minimum absolute atomic E-state index is 0. The van der Waals surface area contributed by atoms with E-state index in [2.05, 4.69) is 15.3 Å². The number of ketones is 2. The molecule has 0 heterocycles. The lowest BCUT2D eigenvalue weighted by molar-refractivity contribution is -0.146. The number of fused-ring (bicyclic) bond motifs is 2. The lowest BCUT2D eigenvalue weighted by Crippen LogP contribution is -2.33. The third-order valence-electron chi connectivity index (χ3n) is 7.19. The summed E-state index contributed by atoms with van der Waals surface area (Å²) >= 11 is 5.65. The van der Waals surface area contributed by atoms with E-state index in [1.807, 2.05) is 0 Å². The normalized spacial score (nSPS) is 12.5. The zero-order valence-electron chi connectivity index (χ0n) is 28.1. The number of alkyl halides is 1. The summed E-state index contributed by atoms with van der Waals surface area (Å²) < 4.78 is 22.0. The SMILES string of the molecule is Cl.NC(N)=NCCC[C@H](N)C(=O)OCCOc1cccc2c1C(=O)c1c(OCCOC(=O)[C@@H](N)CCCN=C(N)N)cc(NC(=O)CCl)cc1C2=O. The molecule has 2 atom stereocenters. The maximum Gasteiger partial charge on any atom is 0.323 e. The highest BCUT2D eigenvalue weighted by Crippen LogP contribution is 2.39. The highest BCUT2D eigenvalue weighted by atomic mass is 35.5. The standard InChI is InChI=1S/C32H42ClN9O9.ClH/c33-16-24(43)42-17-14-19-26(23(15-17)49-11-13-51-30(47)21(35)6-3-9-41-32(38)39)28(45)25-18(27(19)44)4-1-7-22(25)48-10-12-50-29(46)20(34)5-2-8-40-31(36)37;/h1,4,7,14-15,20-21H,2-3,5-6,8-13,16,34-35H2,(H,42,43)(H4,36,37,40)(H4,38,39,41);1H/t20-,21-;/m0./s1. The van der Waals surface area contributed by atoms with Crippen LogP contribution in [0.2, 0.25) is 0 Å². The second kappa shape index (κ2) is 21.3. The molecule has 1 amide bonds. The topological polar surface area (TPSA) is 315 Å². The molecule has 0 fully saturated rings. The summed E-state index contributed by atoms with van der Waals surface area (Å²) in [6.45, 7) is -0.240. The molecule has 3 rings (SSSR count). The predicted molar refractivity (Wildman–Crippen MR) is 195 cm³/mol. The molecule has 0 saturated heterocycles. The van der Waals surface area contributed by atoms with Crippen LogP contribution in [0.15, 0.2) is 40.3 Å². The zero-order valence-corrected chi connectivity index (χ0v) is 29.7. The Kier molecular flexibility index (Phi) is 17.6. The number of aliphatic imine (C=N–C) groups is 2. The Balaban J connectivity index is 0.00000936. The number of amides is 1. The number of carbonyl (C=O) groups is 5. The number of hydrogen-bond donors (Lipinski definition) is 7. The molecule has 1 aliphatic carbocycles. The Morgan fingerprint density at radius 1 is 0.731 bits per heavy atom. The summed E-state index contributed by atoms with van der Waals surface area (Å²) in [5.41, 5.74) is 32.9. The van der Waals surface area contributed by atoms with Crippen molar-refractivity contribution >= 4 is 71.0 Å². The van der Waals surface area contributed by atoms with Gasteiger partial charge in [0.05, 0.1) is 11.1 Å². The predicted octanol–water partition coefficient (Wildman–Crippen LogP) is -0.333. The Bertz CT molecular complexity index is 1670.